The van der Waals surface area contributed by atoms with Crippen molar-refractivity contribution in [1.29, 1.82) is 0 Å². The molecule has 0 saturated carbocycles. The molecular weight excluding hydrogens is 208 g/mol. The van der Waals surface area contributed by atoms with Crippen LogP contribution in [0, 0.1) is 0 Å². The molecule has 17 heavy (non-hydrogen) atoms. The van der Waals surface area contributed by atoms with Gasteiger partial charge in [-0.15, -0.1) is 0 Å². The minimum Gasteiger partial charge on any atom is -0.489 e. The molecule has 1 heteroatoms. The highest BCUT2D eigenvalue weighted by atomic mass is 16.5. The molecule has 0 aliphatic rings. The molecule has 86 valence electrons. The Morgan fingerprint density at radius 2 is 1.53 bits per heavy atom. The second-order valence-electron chi connectivity index (χ2n) is 4.14. The third-order valence-corrected chi connectivity index (χ3v) is 2.45. The SMILES string of the molecule is C=C(C)COc1ccc(-c2ccccc2)cc1. The molecule has 0 aliphatic heterocycles. The average molecular weight is 224 g/mol. The molecule has 0 radical (unpaired) electrons. The van der Waals surface area contributed by atoms with E-state index in [4.69, 9.17) is 4.74 Å². The van der Waals surface area contributed by atoms with Crippen LogP contribution in [0.2, 0.25) is 0 Å². The van der Waals surface area contributed by atoms with Crippen LogP contribution in [0.5, 0.6) is 5.75 Å². The van der Waals surface area contributed by atoms with Gasteiger partial charge in [0.25, 0.3) is 0 Å². The van der Waals surface area contributed by atoms with Crippen LogP contribution in [-0.2, 0) is 0 Å². The highest BCUT2D eigenvalue weighted by molar-refractivity contribution is 5.63. The average Bonchev–Trinajstić information content (AvgIpc) is 2.38. The number of rotatable bonds is 4. The highest BCUT2D eigenvalue weighted by Gasteiger charge is 1.97. The van der Waals surface area contributed by atoms with Crippen LogP contribution in [-0.4, -0.2) is 6.61 Å². The highest BCUT2D eigenvalue weighted by Crippen LogP contribution is 2.22. The summed E-state index contributed by atoms with van der Waals surface area (Å²) in [4.78, 5) is 0. The maximum Gasteiger partial charge on any atom is 0.119 e. The summed E-state index contributed by atoms with van der Waals surface area (Å²) in [5.41, 5.74) is 3.45. The zero-order valence-corrected chi connectivity index (χ0v) is 10.0. The number of ether oxygens (including phenoxy) is 1. The van der Waals surface area contributed by atoms with E-state index in [1.54, 1.807) is 0 Å². The van der Waals surface area contributed by atoms with Gasteiger partial charge >= 0.3 is 0 Å². The van der Waals surface area contributed by atoms with Gasteiger partial charge in [-0.1, -0.05) is 49.0 Å². The Hall–Kier alpha value is -2.02. The van der Waals surface area contributed by atoms with Crippen molar-refractivity contribution in [2.24, 2.45) is 0 Å². The smallest absolute Gasteiger partial charge is 0.119 e. The first-order valence-electron chi connectivity index (χ1n) is 5.68. The van der Waals surface area contributed by atoms with E-state index in [9.17, 15) is 0 Å². The summed E-state index contributed by atoms with van der Waals surface area (Å²) in [6.07, 6.45) is 0. The zero-order chi connectivity index (χ0) is 12.1. The number of hydrogen-bond acceptors (Lipinski definition) is 1. The lowest BCUT2D eigenvalue weighted by molar-refractivity contribution is 0.353. The fraction of sp³-hybridized carbons (Fsp3) is 0.125. The molecule has 2 rings (SSSR count). The lowest BCUT2D eigenvalue weighted by Gasteiger charge is -2.07. The van der Waals surface area contributed by atoms with Crippen LogP contribution < -0.4 is 4.74 Å². The predicted molar refractivity (Wildman–Crippen MR) is 72.2 cm³/mol. The minimum absolute atomic E-state index is 0.574. The summed E-state index contributed by atoms with van der Waals surface area (Å²) in [6, 6.07) is 18.4. The molecular formula is C16H16O. The van der Waals surface area contributed by atoms with E-state index in [2.05, 4.69) is 30.8 Å². The van der Waals surface area contributed by atoms with Gasteiger partial charge in [-0.05, 0) is 35.8 Å². The Labute approximate surface area is 102 Å². The van der Waals surface area contributed by atoms with Gasteiger partial charge in [-0.3, -0.25) is 0 Å². The molecule has 2 aromatic carbocycles. The Balaban J connectivity index is 2.11. The van der Waals surface area contributed by atoms with Crippen molar-refractivity contribution in [2.45, 2.75) is 6.92 Å². The van der Waals surface area contributed by atoms with E-state index in [1.165, 1.54) is 11.1 Å². The normalized spacial score (nSPS) is 9.94. The summed E-state index contributed by atoms with van der Waals surface area (Å²) < 4.78 is 5.56. The van der Waals surface area contributed by atoms with Crippen molar-refractivity contribution in [3.63, 3.8) is 0 Å². The van der Waals surface area contributed by atoms with E-state index in [-0.39, 0.29) is 0 Å². The van der Waals surface area contributed by atoms with Gasteiger partial charge < -0.3 is 4.74 Å². The van der Waals surface area contributed by atoms with Gasteiger partial charge in [0.1, 0.15) is 12.4 Å². The van der Waals surface area contributed by atoms with Gasteiger partial charge in [0.15, 0.2) is 0 Å². The topological polar surface area (TPSA) is 9.23 Å². The van der Waals surface area contributed by atoms with Crippen LogP contribution in [0.3, 0.4) is 0 Å². The third-order valence-electron chi connectivity index (χ3n) is 2.45. The van der Waals surface area contributed by atoms with Crippen molar-refractivity contribution in [1.82, 2.24) is 0 Å². The van der Waals surface area contributed by atoms with Crippen molar-refractivity contribution < 1.29 is 4.74 Å². The molecule has 0 aromatic heterocycles. The van der Waals surface area contributed by atoms with E-state index >= 15 is 0 Å². The molecule has 0 amide bonds. The number of hydrogen-bond donors (Lipinski definition) is 0. The maximum atomic E-state index is 5.56. The molecule has 0 heterocycles. The first-order valence-corrected chi connectivity index (χ1v) is 5.68. The van der Waals surface area contributed by atoms with E-state index in [0.717, 1.165) is 11.3 Å². The summed E-state index contributed by atoms with van der Waals surface area (Å²) in [6.45, 7) is 6.34. The van der Waals surface area contributed by atoms with E-state index in [1.807, 2.05) is 37.3 Å². The second kappa shape index (κ2) is 5.35. The van der Waals surface area contributed by atoms with Crippen LogP contribution in [0.25, 0.3) is 11.1 Å². The standard InChI is InChI=1S/C16H16O/c1-13(2)12-17-16-10-8-15(9-11-16)14-6-4-3-5-7-14/h3-11H,1,12H2,2H3. The largest absolute Gasteiger partial charge is 0.489 e. The van der Waals surface area contributed by atoms with Crippen LogP contribution in [0.15, 0.2) is 66.7 Å². The lowest BCUT2D eigenvalue weighted by atomic mass is 10.1. The maximum absolute atomic E-state index is 5.56. The summed E-state index contributed by atoms with van der Waals surface area (Å²) in [5, 5.41) is 0. The monoisotopic (exact) mass is 224 g/mol. The van der Waals surface area contributed by atoms with E-state index < -0.39 is 0 Å². The van der Waals surface area contributed by atoms with Crippen LogP contribution >= 0.6 is 0 Å². The fourth-order valence-electron chi connectivity index (χ4n) is 1.58. The van der Waals surface area contributed by atoms with Crippen molar-refractivity contribution in [2.75, 3.05) is 6.61 Å². The Bertz CT molecular complexity index is 483. The second-order valence-corrected chi connectivity index (χ2v) is 4.14. The molecule has 0 aliphatic carbocycles. The molecule has 0 fully saturated rings. The molecule has 1 nitrogen and oxygen atoms in total. The Morgan fingerprint density at radius 3 is 2.12 bits per heavy atom. The predicted octanol–water partition coefficient (Wildman–Crippen LogP) is 4.31. The quantitative estimate of drug-likeness (QED) is 0.703. The molecule has 0 atom stereocenters. The van der Waals surface area contributed by atoms with Gasteiger partial charge in [0, 0.05) is 0 Å². The van der Waals surface area contributed by atoms with Crippen molar-refractivity contribution in [3.05, 3.63) is 66.7 Å². The molecule has 0 spiro atoms. The van der Waals surface area contributed by atoms with Crippen molar-refractivity contribution >= 4 is 0 Å². The fourth-order valence-corrected chi connectivity index (χ4v) is 1.58. The van der Waals surface area contributed by atoms with E-state index in [0.29, 0.717) is 6.61 Å². The number of benzene rings is 2. The van der Waals surface area contributed by atoms with Gasteiger partial charge in [-0.2, -0.15) is 0 Å². The Kier molecular flexibility index (Phi) is 3.61. The molecule has 0 N–H and O–H groups in total. The van der Waals surface area contributed by atoms with Gasteiger partial charge in [-0.25, -0.2) is 0 Å². The van der Waals surface area contributed by atoms with Crippen molar-refractivity contribution in [3.8, 4) is 16.9 Å². The summed E-state index contributed by atoms with van der Waals surface area (Å²) in [5.74, 6) is 0.882. The van der Waals surface area contributed by atoms with Gasteiger partial charge in [0.2, 0.25) is 0 Å². The third kappa shape index (κ3) is 3.22. The molecule has 0 unspecified atom stereocenters. The first kappa shape index (κ1) is 11.5. The Morgan fingerprint density at radius 1 is 0.941 bits per heavy atom. The molecule has 0 saturated heterocycles. The lowest BCUT2D eigenvalue weighted by Crippen LogP contribution is -1.96. The molecule has 0 bridgehead atoms. The summed E-state index contributed by atoms with van der Waals surface area (Å²) in [7, 11) is 0. The minimum atomic E-state index is 0.574. The zero-order valence-electron chi connectivity index (χ0n) is 10.0. The van der Waals surface area contributed by atoms with Gasteiger partial charge in [0.05, 0.1) is 0 Å². The molecule has 2 aromatic rings. The van der Waals surface area contributed by atoms with Crippen LogP contribution in [0.4, 0.5) is 0 Å². The first-order chi connectivity index (χ1) is 8.25. The van der Waals surface area contributed by atoms with Crippen LogP contribution in [0.1, 0.15) is 6.92 Å². The summed E-state index contributed by atoms with van der Waals surface area (Å²) >= 11 is 0.